The van der Waals surface area contributed by atoms with Crippen LogP contribution in [0.2, 0.25) is 0 Å². The summed E-state index contributed by atoms with van der Waals surface area (Å²) in [7, 11) is 4.12. The quantitative estimate of drug-likeness (QED) is 0.853. The average Bonchev–Trinajstić information content (AvgIpc) is 2.74. The molecule has 1 aromatic carbocycles. The number of carbonyl (C=O) groups excluding carboxylic acids is 1. The number of carbonyl (C=O) groups is 1. The predicted octanol–water partition coefficient (Wildman–Crippen LogP) is 3.23. The van der Waals surface area contributed by atoms with Crippen molar-refractivity contribution in [3.05, 3.63) is 29.3 Å². The van der Waals surface area contributed by atoms with E-state index in [-0.39, 0.29) is 12.0 Å². The Kier molecular flexibility index (Phi) is 5.44. The number of amides is 1. The Morgan fingerprint density at radius 2 is 2.00 bits per heavy atom. The third-order valence-electron chi connectivity index (χ3n) is 5.24. The van der Waals surface area contributed by atoms with Gasteiger partial charge in [0.25, 0.3) is 0 Å². The molecular weight excluding hydrogens is 300 g/mol. The minimum Gasteiger partial charge on any atom is -0.491 e. The van der Waals surface area contributed by atoms with Crippen LogP contribution in [-0.2, 0) is 11.3 Å². The molecule has 0 aromatic heterocycles. The lowest BCUT2D eigenvalue weighted by Gasteiger charge is -2.35. The zero-order chi connectivity index (χ0) is 17.1. The number of hydrogen-bond donors (Lipinski definition) is 0. The number of nitrogens with zero attached hydrogens (tertiary/aromatic N) is 2. The molecular formula is C20H30N2O2. The molecule has 1 unspecified atom stereocenters. The van der Waals surface area contributed by atoms with Crippen molar-refractivity contribution in [1.82, 2.24) is 9.80 Å². The second kappa shape index (κ2) is 7.56. The van der Waals surface area contributed by atoms with E-state index in [1.165, 1.54) is 24.8 Å². The summed E-state index contributed by atoms with van der Waals surface area (Å²) in [5, 5.41) is 0. The second-order valence-electron chi connectivity index (χ2n) is 7.64. The van der Waals surface area contributed by atoms with E-state index in [4.69, 9.17) is 4.74 Å². The molecule has 2 aliphatic rings. The number of benzene rings is 1. The number of likely N-dealkylation sites (N-methyl/N-ethyl adjacent to an activating group) is 1. The normalized spacial score (nSPS) is 22.0. The maximum atomic E-state index is 13.2. The number of hydrogen-bond acceptors (Lipinski definition) is 3. The summed E-state index contributed by atoms with van der Waals surface area (Å²) in [6.45, 7) is 4.18. The maximum absolute atomic E-state index is 13.2. The molecule has 0 N–H and O–H groups in total. The molecule has 24 heavy (non-hydrogen) atoms. The highest BCUT2D eigenvalue weighted by molar-refractivity contribution is 5.79. The van der Waals surface area contributed by atoms with Gasteiger partial charge in [-0.3, -0.25) is 4.79 Å². The van der Waals surface area contributed by atoms with Crippen LogP contribution in [0.1, 0.15) is 43.2 Å². The molecule has 1 aromatic rings. The SMILES string of the molecule is Cc1ccc2c(c1)CN(C(=O)C1CCCCC1)C(CN(C)C)CO2. The molecule has 4 nitrogen and oxygen atoms in total. The number of rotatable bonds is 3. The zero-order valence-corrected chi connectivity index (χ0v) is 15.3. The molecule has 1 fully saturated rings. The Morgan fingerprint density at radius 1 is 1.25 bits per heavy atom. The second-order valence-corrected chi connectivity index (χ2v) is 7.64. The number of fused-ring (bicyclic) bond motifs is 1. The third-order valence-corrected chi connectivity index (χ3v) is 5.24. The van der Waals surface area contributed by atoms with Gasteiger partial charge in [0.05, 0.1) is 6.04 Å². The van der Waals surface area contributed by atoms with Crippen LogP contribution in [0.3, 0.4) is 0 Å². The maximum Gasteiger partial charge on any atom is 0.226 e. The molecule has 1 atom stereocenters. The van der Waals surface area contributed by atoms with E-state index in [1.54, 1.807) is 0 Å². The topological polar surface area (TPSA) is 32.8 Å². The zero-order valence-electron chi connectivity index (χ0n) is 15.3. The Bertz CT molecular complexity index is 579. The van der Waals surface area contributed by atoms with Gasteiger partial charge in [0, 0.05) is 24.6 Å². The van der Waals surface area contributed by atoms with Crippen LogP contribution in [0, 0.1) is 12.8 Å². The van der Waals surface area contributed by atoms with Crippen molar-refractivity contribution < 1.29 is 9.53 Å². The molecule has 4 heteroatoms. The first-order chi connectivity index (χ1) is 11.5. The summed E-state index contributed by atoms with van der Waals surface area (Å²) in [6, 6.07) is 6.40. The van der Waals surface area contributed by atoms with Crippen LogP contribution in [-0.4, -0.2) is 49.0 Å². The Morgan fingerprint density at radius 3 is 2.71 bits per heavy atom. The molecule has 1 aliphatic heterocycles. The summed E-state index contributed by atoms with van der Waals surface area (Å²) in [5.41, 5.74) is 2.36. The van der Waals surface area contributed by atoms with Crippen molar-refractivity contribution in [2.45, 2.75) is 51.6 Å². The van der Waals surface area contributed by atoms with Crippen LogP contribution in [0.15, 0.2) is 18.2 Å². The summed E-state index contributed by atoms with van der Waals surface area (Å²) < 4.78 is 6.06. The highest BCUT2D eigenvalue weighted by Crippen LogP contribution is 2.31. The van der Waals surface area contributed by atoms with Gasteiger partial charge < -0.3 is 14.5 Å². The van der Waals surface area contributed by atoms with Crippen LogP contribution >= 0.6 is 0 Å². The minimum absolute atomic E-state index is 0.113. The van der Waals surface area contributed by atoms with Crippen molar-refractivity contribution in [3.63, 3.8) is 0 Å². The van der Waals surface area contributed by atoms with E-state index in [0.717, 1.165) is 30.7 Å². The summed E-state index contributed by atoms with van der Waals surface area (Å²) in [5.74, 6) is 1.47. The fourth-order valence-electron chi connectivity index (χ4n) is 3.98. The van der Waals surface area contributed by atoms with Gasteiger partial charge in [-0.15, -0.1) is 0 Å². The molecule has 1 aliphatic carbocycles. The molecule has 1 heterocycles. The van der Waals surface area contributed by atoms with Gasteiger partial charge >= 0.3 is 0 Å². The molecule has 132 valence electrons. The van der Waals surface area contributed by atoms with Crippen LogP contribution in [0.5, 0.6) is 5.75 Å². The van der Waals surface area contributed by atoms with Crippen molar-refractivity contribution >= 4 is 5.91 Å². The van der Waals surface area contributed by atoms with Crippen molar-refractivity contribution in [1.29, 1.82) is 0 Å². The molecule has 0 radical (unpaired) electrons. The van der Waals surface area contributed by atoms with Crippen LogP contribution < -0.4 is 4.74 Å². The summed E-state index contributed by atoms with van der Waals surface area (Å²) >= 11 is 0. The largest absolute Gasteiger partial charge is 0.491 e. The van der Waals surface area contributed by atoms with Gasteiger partial charge in [0.1, 0.15) is 12.4 Å². The lowest BCUT2D eigenvalue weighted by Crippen LogP contribution is -2.49. The van der Waals surface area contributed by atoms with E-state index >= 15 is 0 Å². The number of aryl methyl sites for hydroxylation is 1. The third kappa shape index (κ3) is 3.92. The van der Waals surface area contributed by atoms with Gasteiger partial charge in [-0.05, 0) is 39.9 Å². The van der Waals surface area contributed by atoms with Crippen LogP contribution in [0.4, 0.5) is 0 Å². The molecule has 0 bridgehead atoms. The molecule has 0 spiro atoms. The predicted molar refractivity (Wildman–Crippen MR) is 96.1 cm³/mol. The standard InChI is InChI=1S/C20H30N2O2/c1-15-9-10-19-17(11-15)12-22(18(14-24-19)13-21(2)3)20(23)16-7-5-4-6-8-16/h9-11,16,18H,4-8,12-14H2,1-3H3. The van der Waals surface area contributed by atoms with Gasteiger partial charge in [0.2, 0.25) is 5.91 Å². The monoisotopic (exact) mass is 330 g/mol. The first-order valence-corrected chi connectivity index (χ1v) is 9.22. The summed E-state index contributed by atoms with van der Waals surface area (Å²) in [6.07, 6.45) is 5.75. The first-order valence-electron chi connectivity index (χ1n) is 9.22. The highest BCUT2D eigenvalue weighted by atomic mass is 16.5. The lowest BCUT2D eigenvalue weighted by molar-refractivity contribution is -0.140. The van der Waals surface area contributed by atoms with Gasteiger partial charge in [-0.1, -0.05) is 37.0 Å². The van der Waals surface area contributed by atoms with Gasteiger partial charge in [0.15, 0.2) is 0 Å². The minimum atomic E-state index is 0.113. The van der Waals surface area contributed by atoms with Crippen molar-refractivity contribution in [2.75, 3.05) is 27.2 Å². The average molecular weight is 330 g/mol. The lowest BCUT2D eigenvalue weighted by atomic mass is 9.88. The first kappa shape index (κ1) is 17.3. The van der Waals surface area contributed by atoms with Gasteiger partial charge in [-0.25, -0.2) is 0 Å². The molecule has 1 amide bonds. The van der Waals surface area contributed by atoms with Crippen molar-refractivity contribution in [3.8, 4) is 5.75 Å². The molecule has 1 saturated carbocycles. The van der Waals surface area contributed by atoms with E-state index in [9.17, 15) is 4.79 Å². The Labute approximate surface area is 145 Å². The Hall–Kier alpha value is -1.55. The van der Waals surface area contributed by atoms with Gasteiger partial charge in [-0.2, -0.15) is 0 Å². The fraction of sp³-hybridized carbons (Fsp3) is 0.650. The number of ether oxygens (including phenoxy) is 1. The molecule has 3 rings (SSSR count). The van der Waals surface area contributed by atoms with E-state index in [2.05, 4.69) is 43.0 Å². The van der Waals surface area contributed by atoms with Crippen molar-refractivity contribution in [2.24, 2.45) is 5.92 Å². The summed E-state index contributed by atoms with van der Waals surface area (Å²) in [4.78, 5) is 17.5. The van der Waals surface area contributed by atoms with E-state index in [0.29, 0.717) is 19.1 Å². The Balaban J connectivity index is 1.85. The smallest absolute Gasteiger partial charge is 0.226 e. The fourth-order valence-corrected chi connectivity index (χ4v) is 3.98. The van der Waals surface area contributed by atoms with Crippen LogP contribution in [0.25, 0.3) is 0 Å². The van der Waals surface area contributed by atoms with E-state index in [1.807, 2.05) is 6.07 Å². The molecule has 0 saturated heterocycles. The van der Waals surface area contributed by atoms with E-state index < -0.39 is 0 Å². The highest BCUT2D eigenvalue weighted by Gasteiger charge is 2.33.